The van der Waals surface area contributed by atoms with E-state index in [0.717, 1.165) is 39.0 Å². The van der Waals surface area contributed by atoms with Gasteiger partial charge in [0.15, 0.2) is 5.79 Å². The molecule has 1 aliphatic rings. The minimum atomic E-state index is -0.380. The number of unbranched alkanes of at least 4 members (excludes halogenated alkanes) is 14. The van der Waals surface area contributed by atoms with Crippen molar-refractivity contribution in [1.82, 2.24) is 4.90 Å². The summed E-state index contributed by atoms with van der Waals surface area (Å²) in [5, 5.41) is 0. The van der Waals surface area contributed by atoms with E-state index in [4.69, 9.17) is 14.2 Å². The second-order valence-corrected chi connectivity index (χ2v) is 13.4. The third-order valence-electron chi connectivity index (χ3n) is 8.64. The van der Waals surface area contributed by atoms with Crippen LogP contribution in [-0.4, -0.2) is 57.3 Å². The van der Waals surface area contributed by atoms with Crippen LogP contribution in [0.25, 0.3) is 0 Å². The molecule has 0 bridgehead atoms. The van der Waals surface area contributed by atoms with Crippen LogP contribution in [0.15, 0.2) is 48.6 Å². The number of nitrogens with zero attached hydrogens (tertiary/aromatic N) is 1. The summed E-state index contributed by atoms with van der Waals surface area (Å²) >= 11 is 0. The van der Waals surface area contributed by atoms with E-state index >= 15 is 0 Å². The number of likely N-dealkylation sites (N-methyl/N-ethyl adjacent to an activating group) is 1. The highest BCUT2D eigenvalue weighted by atomic mass is 16.7. The first kappa shape index (κ1) is 41.8. The average molecular weight is 630 g/mol. The Bertz CT molecular complexity index is 697. The Morgan fingerprint density at radius 2 is 1.02 bits per heavy atom. The van der Waals surface area contributed by atoms with Crippen molar-refractivity contribution >= 4 is 0 Å². The molecule has 0 aromatic carbocycles. The smallest absolute Gasteiger partial charge is 0.168 e. The van der Waals surface area contributed by atoms with Gasteiger partial charge in [-0.25, -0.2) is 0 Å². The molecule has 0 amide bonds. The van der Waals surface area contributed by atoms with Crippen LogP contribution in [0.3, 0.4) is 0 Å². The summed E-state index contributed by atoms with van der Waals surface area (Å²) < 4.78 is 19.0. The van der Waals surface area contributed by atoms with Crippen LogP contribution in [0.1, 0.15) is 162 Å². The predicted molar refractivity (Wildman–Crippen MR) is 197 cm³/mol. The van der Waals surface area contributed by atoms with Gasteiger partial charge in [-0.1, -0.05) is 101 Å². The van der Waals surface area contributed by atoms with Crippen molar-refractivity contribution in [3.8, 4) is 0 Å². The first-order valence-corrected chi connectivity index (χ1v) is 19.3. The van der Waals surface area contributed by atoms with E-state index in [1.165, 1.54) is 128 Å². The molecule has 45 heavy (non-hydrogen) atoms. The van der Waals surface area contributed by atoms with Crippen LogP contribution in [0.4, 0.5) is 0 Å². The lowest BCUT2D eigenvalue weighted by atomic mass is 9.99. The highest BCUT2D eigenvalue weighted by Gasteiger charge is 2.40. The number of hydrogen-bond acceptors (Lipinski definition) is 4. The lowest BCUT2D eigenvalue weighted by Gasteiger charge is -2.28. The van der Waals surface area contributed by atoms with Gasteiger partial charge in [0.1, 0.15) is 0 Å². The Kier molecular flexibility index (Phi) is 29.2. The lowest BCUT2D eigenvalue weighted by Crippen LogP contribution is -2.31. The first-order chi connectivity index (χ1) is 22.1. The molecule has 1 atom stereocenters. The molecule has 1 rings (SSSR count). The molecule has 262 valence electrons. The number of rotatable bonds is 32. The lowest BCUT2D eigenvalue weighted by molar-refractivity contribution is -0.180. The van der Waals surface area contributed by atoms with Gasteiger partial charge < -0.3 is 19.1 Å². The molecule has 0 spiro atoms. The maximum atomic E-state index is 6.65. The van der Waals surface area contributed by atoms with Gasteiger partial charge in [0.25, 0.3) is 0 Å². The predicted octanol–water partition coefficient (Wildman–Crippen LogP) is 11.9. The minimum absolute atomic E-state index is 0.165. The number of ether oxygens (including phenoxy) is 3. The van der Waals surface area contributed by atoms with Gasteiger partial charge in [0.05, 0.1) is 19.3 Å². The van der Waals surface area contributed by atoms with Crippen molar-refractivity contribution < 1.29 is 14.2 Å². The van der Waals surface area contributed by atoms with Crippen LogP contribution < -0.4 is 0 Å². The SMILES string of the molecule is CCCC/C=C\CCC/C=C\CCCCCC1(CCCCC/C=C\CCC/C=C\CCCC)OCC(CCOCCN(C)C)O1. The molecule has 1 fully saturated rings. The number of hydrogen-bond donors (Lipinski definition) is 0. The van der Waals surface area contributed by atoms with E-state index < -0.39 is 0 Å². The summed E-state index contributed by atoms with van der Waals surface area (Å²) in [5.74, 6) is -0.380. The summed E-state index contributed by atoms with van der Waals surface area (Å²) in [7, 11) is 4.17. The topological polar surface area (TPSA) is 30.9 Å². The third-order valence-corrected chi connectivity index (χ3v) is 8.64. The molecule has 1 unspecified atom stereocenters. The molecule has 0 aromatic rings. The molecule has 4 heteroatoms. The highest BCUT2D eigenvalue weighted by Crippen LogP contribution is 2.35. The zero-order chi connectivity index (χ0) is 32.5. The van der Waals surface area contributed by atoms with E-state index in [2.05, 4.69) is 81.5 Å². The summed E-state index contributed by atoms with van der Waals surface area (Å²) in [4.78, 5) is 2.16. The van der Waals surface area contributed by atoms with E-state index in [9.17, 15) is 0 Å². The van der Waals surface area contributed by atoms with Gasteiger partial charge in [0, 0.05) is 26.0 Å². The van der Waals surface area contributed by atoms with Crippen molar-refractivity contribution in [1.29, 1.82) is 0 Å². The second kappa shape index (κ2) is 31.4. The van der Waals surface area contributed by atoms with Crippen LogP contribution in [-0.2, 0) is 14.2 Å². The summed E-state index contributed by atoms with van der Waals surface area (Å²) in [6.45, 7) is 7.72. The molecule has 1 saturated heterocycles. The van der Waals surface area contributed by atoms with E-state index in [-0.39, 0.29) is 11.9 Å². The zero-order valence-corrected chi connectivity index (χ0v) is 30.5. The second-order valence-electron chi connectivity index (χ2n) is 13.4. The monoisotopic (exact) mass is 630 g/mol. The zero-order valence-electron chi connectivity index (χ0n) is 30.5. The van der Waals surface area contributed by atoms with Gasteiger partial charge in [0.2, 0.25) is 0 Å². The van der Waals surface area contributed by atoms with E-state index in [1.807, 2.05) is 0 Å². The standard InChI is InChI=1S/C41H75NO3/c1-5-7-9-11-13-15-17-19-21-23-25-27-29-31-34-41(44-39-40(45-41)33-37-43-38-36-42(3)4)35-32-30-28-26-24-22-20-18-16-14-12-10-8-6-2/h11-14,21-24,40H,5-10,15-20,25-39H2,1-4H3/b13-11-,14-12-,23-21-,24-22-. The maximum Gasteiger partial charge on any atom is 0.168 e. The summed E-state index contributed by atoms with van der Waals surface area (Å²) in [5.41, 5.74) is 0. The largest absolute Gasteiger partial charge is 0.380 e. The maximum absolute atomic E-state index is 6.65. The Balaban J connectivity index is 2.28. The normalized spacial score (nSPS) is 17.0. The fraction of sp³-hybridized carbons (Fsp3) is 0.805. The van der Waals surface area contributed by atoms with Gasteiger partial charge >= 0.3 is 0 Å². The van der Waals surface area contributed by atoms with E-state index in [1.54, 1.807) is 0 Å². The van der Waals surface area contributed by atoms with Crippen LogP contribution in [0.2, 0.25) is 0 Å². The minimum Gasteiger partial charge on any atom is -0.380 e. The van der Waals surface area contributed by atoms with Crippen molar-refractivity contribution in [2.24, 2.45) is 0 Å². The molecular weight excluding hydrogens is 554 g/mol. The van der Waals surface area contributed by atoms with Crippen molar-refractivity contribution in [3.05, 3.63) is 48.6 Å². The molecule has 0 aliphatic carbocycles. The first-order valence-electron chi connectivity index (χ1n) is 19.3. The molecule has 0 saturated carbocycles. The van der Waals surface area contributed by atoms with Gasteiger partial charge in [-0.15, -0.1) is 0 Å². The van der Waals surface area contributed by atoms with Crippen molar-refractivity contribution in [2.75, 3.05) is 40.5 Å². The van der Waals surface area contributed by atoms with Crippen molar-refractivity contribution in [3.63, 3.8) is 0 Å². The highest BCUT2D eigenvalue weighted by molar-refractivity contribution is 4.87. The molecule has 0 aromatic heterocycles. The Labute approximate surface area is 281 Å². The third kappa shape index (κ3) is 26.6. The molecule has 1 aliphatic heterocycles. The quantitative estimate of drug-likeness (QED) is 0.0547. The van der Waals surface area contributed by atoms with Crippen LogP contribution in [0.5, 0.6) is 0 Å². The van der Waals surface area contributed by atoms with E-state index in [0.29, 0.717) is 6.61 Å². The summed E-state index contributed by atoms with van der Waals surface area (Å²) in [6.07, 6.45) is 47.0. The fourth-order valence-corrected chi connectivity index (χ4v) is 5.67. The Hall–Kier alpha value is -1.20. The molecule has 1 heterocycles. The summed E-state index contributed by atoms with van der Waals surface area (Å²) in [6, 6.07) is 0. The van der Waals surface area contributed by atoms with Gasteiger partial charge in [-0.2, -0.15) is 0 Å². The molecule has 0 N–H and O–H groups in total. The average Bonchev–Trinajstić information content (AvgIpc) is 3.44. The Morgan fingerprint density at radius 1 is 0.578 bits per heavy atom. The van der Waals surface area contributed by atoms with Crippen LogP contribution >= 0.6 is 0 Å². The number of allylic oxidation sites excluding steroid dienone is 8. The molecular formula is C41H75NO3. The van der Waals surface area contributed by atoms with Gasteiger partial charge in [-0.3, -0.25) is 0 Å². The van der Waals surface area contributed by atoms with Crippen molar-refractivity contribution in [2.45, 2.75) is 173 Å². The fourth-order valence-electron chi connectivity index (χ4n) is 5.67. The van der Waals surface area contributed by atoms with Gasteiger partial charge in [-0.05, 0) is 110 Å². The van der Waals surface area contributed by atoms with Crippen LogP contribution in [0, 0.1) is 0 Å². The Morgan fingerprint density at radius 3 is 1.47 bits per heavy atom. The molecule has 0 radical (unpaired) electrons. The molecule has 4 nitrogen and oxygen atoms in total.